The van der Waals surface area contributed by atoms with Crippen molar-refractivity contribution < 1.29 is 33.4 Å². The lowest BCUT2D eigenvalue weighted by Crippen LogP contribution is -3.10. The highest BCUT2D eigenvalue weighted by atomic mass is 16.6. The molecule has 0 spiro atoms. The van der Waals surface area contributed by atoms with E-state index in [4.69, 9.17) is 18.9 Å². The summed E-state index contributed by atoms with van der Waals surface area (Å²) in [6.45, 7) is 2.13. The van der Waals surface area contributed by atoms with Gasteiger partial charge >= 0.3 is 6.03 Å². The molecule has 9 heteroatoms. The maximum Gasteiger partial charge on any atom is 0.326 e. The maximum atomic E-state index is 12.1. The van der Waals surface area contributed by atoms with E-state index >= 15 is 0 Å². The van der Waals surface area contributed by atoms with E-state index in [0.717, 1.165) is 16.4 Å². The standard InChI is InChI=1S/C21H25N3O6/c1-24(9-10-28-17-6-4-16(27-2)5-7-17)14-20(25)23-21(26)22-15-3-8-18-19(13-15)30-12-11-29-18/h3-8,13H,9-12,14H2,1-2H3,(H2,22,23,25,26)/p+1. The monoisotopic (exact) mass is 416 g/mol. The van der Waals surface area contributed by atoms with Crippen LogP contribution in [0.3, 0.4) is 0 Å². The fourth-order valence-corrected chi connectivity index (χ4v) is 2.83. The number of anilines is 1. The number of quaternary nitrogens is 1. The molecule has 0 aliphatic carbocycles. The number of imide groups is 1. The number of rotatable bonds is 8. The number of urea groups is 1. The van der Waals surface area contributed by atoms with Crippen LogP contribution in [0.15, 0.2) is 42.5 Å². The molecule has 9 nitrogen and oxygen atoms in total. The number of carbonyl (C=O) groups excluding carboxylic acids is 2. The van der Waals surface area contributed by atoms with E-state index in [1.165, 1.54) is 0 Å². The Kier molecular flexibility index (Phi) is 7.34. The summed E-state index contributed by atoms with van der Waals surface area (Å²) >= 11 is 0. The summed E-state index contributed by atoms with van der Waals surface area (Å²) in [6, 6.07) is 11.7. The summed E-state index contributed by atoms with van der Waals surface area (Å²) in [5.41, 5.74) is 0.512. The summed E-state index contributed by atoms with van der Waals surface area (Å²) in [5, 5.41) is 4.94. The minimum atomic E-state index is -0.598. The third kappa shape index (κ3) is 6.28. The van der Waals surface area contributed by atoms with Crippen molar-refractivity contribution in [2.24, 2.45) is 0 Å². The van der Waals surface area contributed by atoms with Crippen molar-refractivity contribution in [2.75, 3.05) is 52.4 Å². The van der Waals surface area contributed by atoms with Gasteiger partial charge in [-0.25, -0.2) is 4.79 Å². The number of methoxy groups -OCH3 is 1. The fourth-order valence-electron chi connectivity index (χ4n) is 2.83. The Hall–Kier alpha value is -3.46. The topological polar surface area (TPSA) is 99.6 Å². The van der Waals surface area contributed by atoms with Crippen LogP contribution in [-0.2, 0) is 4.79 Å². The van der Waals surface area contributed by atoms with Gasteiger partial charge in [0.1, 0.15) is 37.9 Å². The fraction of sp³-hybridized carbons (Fsp3) is 0.333. The molecule has 0 aromatic heterocycles. The Morgan fingerprint density at radius 3 is 2.47 bits per heavy atom. The Balaban J connectivity index is 1.37. The number of likely N-dealkylation sites (N-methyl/N-ethyl adjacent to an activating group) is 1. The summed E-state index contributed by atoms with van der Waals surface area (Å²) in [4.78, 5) is 25.1. The van der Waals surface area contributed by atoms with E-state index in [9.17, 15) is 9.59 Å². The van der Waals surface area contributed by atoms with E-state index in [2.05, 4.69) is 10.6 Å². The molecule has 30 heavy (non-hydrogen) atoms. The second kappa shape index (κ2) is 10.4. The number of hydrogen-bond donors (Lipinski definition) is 3. The lowest BCUT2D eigenvalue weighted by atomic mass is 10.2. The van der Waals surface area contributed by atoms with Crippen molar-refractivity contribution >= 4 is 17.6 Å². The van der Waals surface area contributed by atoms with Crippen LogP contribution in [0.2, 0.25) is 0 Å². The molecule has 1 aliphatic rings. The first-order valence-electron chi connectivity index (χ1n) is 9.62. The van der Waals surface area contributed by atoms with E-state index in [0.29, 0.717) is 43.6 Å². The zero-order chi connectivity index (χ0) is 21.3. The molecular weight excluding hydrogens is 390 g/mol. The minimum Gasteiger partial charge on any atom is -0.497 e. The summed E-state index contributed by atoms with van der Waals surface area (Å²) in [6.07, 6.45) is 0. The van der Waals surface area contributed by atoms with Crippen molar-refractivity contribution in [3.63, 3.8) is 0 Å². The zero-order valence-electron chi connectivity index (χ0n) is 17.0. The molecule has 0 radical (unpaired) electrons. The Morgan fingerprint density at radius 2 is 1.73 bits per heavy atom. The van der Waals surface area contributed by atoms with Gasteiger partial charge in [-0.3, -0.25) is 10.1 Å². The molecule has 3 amide bonds. The minimum absolute atomic E-state index is 0.139. The van der Waals surface area contributed by atoms with E-state index in [1.807, 2.05) is 31.3 Å². The third-order valence-electron chi connectivity index (χ3n) is 4.37. The van der Waals surface area contributed by atoms with Crippen LogP contribution in [0.4, 0.5) is 10.5 Å². The van der Waals surface area contributed by atoms with Crippen molar-refractivity contribution in [3.8, 4) is 23.0 Å². The predicted octanol–water partition coefficient (Wildman–Crippen LogP) is 0.708. The van der Waals surface area contributed by atoms with Crippen LogP contribution in [-0.4, -0.2) is 59.0 Å². The van der Waals surface area contributed by atoms with Crippen molar-refractivity contribution in [1.29, 1.82) is 0 Å². The van der Waals surface area contributed by atoms with Gasteiger partial charge in [-0.2, -0.15) is 0 Å². The van der Waals surface area contributed by atoms with Gasteiger partial charge in [-0.05, 0) is 36.4 Å². The number of ether oxygens (including phenoxy) is 4. The first kappa shape index (κ1) is 21.3. The molecule has 1 unspecified atom stereocenters. The zero-order valence-corrected chi connectivity index (χ0v) is 17.0. The van der Waals surface area contributed by atoms with Crippen LogP contribution in [0, 0.1) is 0 Å². The average molecular weight is 416 g/mol. The number of carbonyl (C=O) groups is 2. The molecule has 0 bridgehead atoms. The Labute approximate surface area is 174 Å². The number of benzene rings is 2. The van der Waals surface area contributed by atoms with Crippen molar-refractivity contribution in [1.82, 2.24) is 5.32 Å². The number of amides is 3. The summed E-state index contributed by atoms with van der Waals surface area (Å²) in [7, 11) is 3.46. The molecule has 0 saturated carbocycles. The highest BCUT2D eigenvalue weighted by molar-refractivity contribution is 6.01. The van der Waals surface area contributed by atoms with Gasteiger partial charge in [0.05, 0.1) is 14.2 Å². The maximum absolute atomic E-state index is 12.1. The molecule has 1 atom stereocenters. The molecule has 2 aromatic rings. The molecule has 3 N–H and O–H groups in total. The Morgan fingerprint density at radius 1 is 1.03 bits per heavy atom. The molecule has 3 rings (SSSR count). The molecule has 160 valence electrons. The molecule has 0 fully saturated rings. The second-order valence-corrected chi connectivity index (χ2v) is 6.77. The van der Waals surface area contributed by atoms with E-state index < -0.39 is 6.03 Å². The molecule has 0 saturated heterocycles. The quantitative estimate of drug-likeness (QED) is 0.586. The van der Waals surface area contributed by atoms with Gasteiger partial charge in [0.15, 0.2) is 18.0 Å². The molecular formula is C21H26N3O6+. The van der Waals surface area contributed by atoms with E-state index in [1.54, 1.807) is 25.3 Å². The summed E-state index contributed by atoms with van der Waals surface area (Å²) < 4.78 is 21.7. The lowest BCUT2D eigenvalue weighted by Gasteiger charge is -2.19. The number of fused-ring (bicyclic) bond motifs is 1. The van der Waals surface area contributed by atoms with Crippen LogP contribution in [0.25, 0.3) is 0 Å². The molecule has 2 aromatic carbocycles. The third-order valence-corrected chi connectivity index (χ3v) is 4.37. The SMILES string of the molecule is COc1ccc(OCC[NH+](C)CC(=O)NC(=O)Nc2ccc3c(c2)OCCO3)cc1. The predicted molar refractivity (Wildman–Crippen MR) is 110 cm³/mol. The molecule has 1 aliphatic heterocycles. The normalized spacial score (nSPS) is 13.1. The lowest BCUT2D eigenvalue weighted by molar-refractivity contribution is -0.871. The van der Waals surface area contributed by atoms with E-state index in [-0.39, 0.29) is 12.5 Å². The Bertz CT molecular complexity index is 872. The summed E-state index contributed by atoms with van der Waals surface area (Å²) in [5.74, 6) is 2.30. The van der Waals surface area contributed by atoms with Gasteiger partial charge in [-0.15, -0.1) is 0 Å². The average Bonchev–Trinajstić information content (AvgIpc) is 2.74. The van der Waals surface area contributed by atoms with Crippen molar-refractivity contribution in [2.45, 2.75) is 0 Å². The van der Waals surface area contributed by atoms with Crippen LogP contribution >= 0.6 is 0 Å². The van der Waals surface area contributed by atoms with Crippen LogP contribution < -0.4 is 34.5 Å². The van der Waals surface area contributed by atoms with Gasteiger partial charge in [0.2, 0.25) is 0 Å². The highest BCUT2D eigenvalue weighted by Crippen LogP contribution is 2.32. The number of nitrogens with one attached hydrogen (secondary N) is 3. The van der Waals surface area contributed by atoms with Gasteiger partial charge in [0.25, 0.3) is 5.91 Å². The second-order valence-electron chi connectivity index (χ2n) is 6.77. The smallest absolute Gasteiger partial charge is 0.326 e. The largest absolute Gasteiger partial charge is 0.497 e. The van der Waals surface area contributed by atoms with Crippen LogP contribution in [0.5, 0.6) is 23.0 Å². The van der Waals surface area contributed by atoms with Gasteiger partial charge < -0.3 is 29.2 Å². The van der Waals surface area contributed by atoms with Gasteiger partial charge in [-0.1, -0.05) is 0 Å². The van der Waals surface area contributed by atoms with Crippen LogP contribution in [0.1, 0.15) is 0 Å². The number of hydrogen-bond acceptors (Lipinski definition) is 6. The first-order valence-corrected chi connectivity index (χ1v) is 9.62. The highest BCUT2D eigenvalue weighted by Gasteiger charge is 2.16. The molecule has 1 heterocycles. The van der Waals surface area contributed by atoms with Gasteiger partial charge in [0, 0.05) is 11.8 Å². The van der Waals surface area contributed by atoms with Crippen molar-refractivity contribution in [3.05, 3.63) is 42.5 Å². The first-order chi connectivity index (χ1) is 14.5.